The van der Waals surface area contributed by atoms with Crippen molar-refractivity contribution in [2.45, 2.75) is 19.5 Å². The smallest absolute Gasteiger partial charge is 0.143 e. The number of nitrogen functional groups attached to an aromatic ring is 1. The van der Waals surface area contributed by atoms with Gasteiger partial charge in [-0.15, -0.1) is 0 Å². The Labute approximate surface area is 202 Å². The Morgan fingerprint density at radius 1 is 1.33 bits per heavy atom. The van der Waals surface area contributed by atoms with Crippen LogP contribution in [0.25, 0.3) is 11.4 Å². The monoisotopic (exact) mass is 486 g/mol. The summed E-state index contributed by atoms with van der Waals surface area (Å²) in [5, 5.41) is 7.43. The molecule has 1 aliphatic rings. The molecule has 1 aromatic heterocycles. The molecule has 9 heteroatoms. The summed E-state index contributed by atoms with van der Waals surface area (Å²) in [6.45, 7) is 6.74. The summed E-state index contributed by atoms with van der Waals surface area (Å²) in [6, 6.07) is 12.0. The maximum absolute atomic E-state index is 13.9. The van der Waals surface area contributed by atoms with Crippen molar-refractivity contribution in [3.05, 3.63) is 82.0 Å². The van der Waals surface area contributed by atoms with Crippen molar-refractivity contribution in [3.8, 4) is 11.4 Å². The predicted octanol–water partition coefficient (Wildman–Crippen LogP) is 4.87. The number of nitrogens with two attached hydrogens (primary N) is 1. The Morgan fingerprint density at radius 2 is 2.15 bits per heavy atom. The molecule has 0 aliphatic carbocycles. The van der Waals surface area contributed by atoms with Crippen LogP contribution in [0.1, 0.15) is 17.7 Å². The van der Waals surface area contributed by atoms with Gasteiger partial charge < -0.3 is 20.9 Å². The van der Waals surface area contributed by atoms with Gasteiger partial charge >= 0.3 is 0 Å². The van der Waals surface area contributed by atoms with Gasteiger partial charge in [0.1, 0.15) is 29.0 Å². The van der Waals surface area contributed by atoms with Gasteiger partial charge in [0.15, 0.2) is 0 Å². The van der Waals surface area contributed by atoms with Crippen LogP contribution in [0.4, 0.5) is 10.2 Å². The maximum Gasteiger partial charge on any atom is 0.143 e. The summed E-state index contributed by atoms with van der Waals surface area (Å²) in [5.74, 6) is 1.66. The lowest BCUT2D eigenvalue weighted by atomic mass is 10.1. The quantitative estimate of drug-likeness (QED) is 0.396. The van der Waals surface area contributed by atoms with Crippen molar-refractivity contribution in [2.75, 3.05) is 18.8 Å². The maximum atomic E-state index is 13.9. The first-order valence-corrected chi connectivity index (χ1v) is 11.4. The molecule has 0 amide bonds. The molecule has 2 heterocycles. The lowest BCUT2D eigenvalue weighted by Gasteiger charge is -2.14. The van der Waals surface area contributed by atoms with E-state index >= 15 is 0 Å². The first-order valence-electron chi connectivity index (χ1n) is 10.6. The van der Waals surface area contributed by atoms with E-state index in [0.29, 0.717) is 44.7 Å². The summed E-state index contributed by atoms with van der Waals surface area (Å²) in [5.41, 5.74) is 8.24. The number of anilines is 1. The fraction of sp³-hybridized carbons (Fsp3) is 0.250. The van der Waals surface area contributed by atoms with Crippen LogP contribution in [-0.2, 0) is 13.1 Å². The molecule has 6 nitrogen and oxygen atoms in total. The van der Waals surface area contributed by atoms with Crippen LogP contribution in [0.5, 0.6) is 0 Å². The van der Waals surface area contributed by atoms with Gasteiger partial charge in [0.05, 0.1) is 11.2 Å². The molecule has 1 unspecified atom stereocenters. The molecular formula is C24H25Cl2FN6. The predicted molar refractivity (Wildman–Crippen MR) is 133 cm³/mol. The second kappa shape index (κ2) is 10.4. The topological polar surface area (TPSA) is 80.3 Å². The van der Waals surface area contributed by atoms with Crippen molar-refractivity contribution in [3.63, 3.8) is 0 Å². The Morgan fingerprint density at radius 3 is 2.91 bits per heavy atom. The minimum absolute atomic E-state index is 0.200. The van der Waals surface area contributed by atoms with Crippen molar-refractivity contribution >= 4 is 35.2 Å². The van der Waals surface area contributed by atoms with Gasteiger partial charge in [0, 0.05) is 29.2 Å². The van der Waals surface area contributed by atoms with Gasteiger partial charge in [-0.2, -0.15) is 0 Å². The summed E-state index contributed by atoms with van der Waals surface area (Å²) >= 11 is 12.4. The molecule has 0 saturated carbocycles. The first kappa shape index (κ1) is 23.3. The zero-order chi connectivity index (χ0) is 23.4. The molecule has 1 saturated heterocycles. The normalized spacial score (nSPS) is 15.9. The number of rotatable bonds is 8. The first-order chi connectivity index (χ1) is 15.9. The Kier molecular flexibility index (Phi) is 7.33. The molecule has 4 rings (SSSR count). The van der Waals surface area contributed by atoms with Gasteiger partial charge in [-0.1, -0.05) is 41.9 Å². The van der Waals surface area contributed by atoms with Crippen LogP contribution >= 0.6 is 23.2 Å². The van der Waals surface area contributed by atoms with E-state index in [1.54, 1.807) is 12.3 Å². The third kappa shape index (κ3) is 5.55. The van der Waals surface area contributed by atoms with Crippen molar-refractivity contribution in [1.82, 2.24) is 20.2 Å². The summed E-state index contributed by atoms with van der Waals surface area (Å²) in [6.07, 6.45) is 2.63. The fourth-order valence-electron chi connectivity index (χ4n) is 3.80. The van der Waals surface area contributed by atoms with Crippen molar-refractivity contribution in [2.24, 2.45) is 10.9 Å². The molecular weight excluding hydrogens is 462 g/mol. The summed E-state index contributed by atoms with van der Waals surface area (Å²) in [7, 11) is 0. The number of imidazole rings is 1. The highest BCUT2D eigenvalue weighted by molar-refractivity contribution is 6.33. The zero-order valence-corrected chi connectivity index (χ0v) is 19.5. The van der Waals surface area contributed by atoms with E-state index in [4.69, 9.17) is 33.9 Å². The van der Waals surface area contributed by atoms with Gasteiger partial charge in [-0.3, -0.25) is 0 Å². The van der Waals surface area contributed by atoms with E-state index in [1.807, 2.05) is 28.8 Å². The molecule has 0 bridgehead atoms. The molecule has 1 atom stereocenters. The summed E-state index contributed by atoms with van der Waals surface area (Å²) in [4.78, 5) is 9.07. The molecule has 0 radical (unpaired) electrons. The van der Waals surface area contributed by atoms with Crippen LogP contribution in [0.3, 0.4) is 0 Å². The molecule has 172 valence electrons. The van der Waals surface area contributed by atoms with Crippen LogP contribution in [-0.4, -0.2) is 28.9 Å². The third-order valence-corrected chi connectivity index (χ3v) is 6.15. The highest BCUT2D eigenvalue weighted by atomic mass is 35.5. The van der Waals surface area contributed by atoms with E-state index in [0.717, 1.165) is 31.6 Å². The van der Waals surface area contributed by atoms with Crippen LogP contribution in [0.2, 0.25) is 10.0 Å². The van der Waals surface area contributed by atoms with Crippen molar-refractivity contribution in [1.29, 1.82) is 0 Å². The van der Waals surface area contributed by atoms with E-state index in [2.05, 4.69) is 22.2 Å². The van der Waals surface area contributed by atoms with Gasteiger partial charge in [0.2, 0.25) is 0 Å². The minimum atomic E-state index is -0.350. The molecule has 0 spiro atoms. The number of hydrogen-bond acceptors (Lipinski definition) is 5. The Hall–Kier alpha value is -2.87. The number of aromatic nitrogens is 2. The number of benzene rings is 2. The number of nitrogens with zero attached hydrogens (tertiary/aromatic N) is 3. The molecule has 1 fully saturated rings. The third-order valence-electron chi connectivity index (χ3n) is 5.59. The van der Waals surface area contributed by atoms with Gasteiger partial charge in [-0.05, 0) is 55.8 Å². The SMILES string of the molecule is C=C(N=Cc1nc(-c2ccccc2Cl)n(CC2CCNC2)c1N)NCc1cc(Cl)ccc1F. The van der Waals surface area contributed by atoms with Crippen molar-refractivity contribution < 1.29 is 4.39 Å². The number of halogens is 3. The number of aliphatic imine (C=N–C) groups is 1. The summed E-state index contributed by atoms with van der Waals surface area (Å²) < 4.78 is 15.9. The van der Waals surface area contributed by atoms with Gasteiger partial charge in [0.25, 0.3) is 0 Å². The van der Waals surface area contributed by atoms with Crippen LogP contribution < -0.4 is 16.4 Å². The van der Waals surface area contributed by atoms with E-state index < -0.39 is 0 Å². The zero-order valence-electron chi connectivity index (χ0n) is 18.0. The molecule has 33 heavy (non-hydrogen) atoms. The van der Waals surface area contributed by atoms with Crippen LogP contribution in [0, 0.1) is 11.7 Å². The van der Waals surface area contributed by atoms with E-state index in [1.165, 1.54) is 12.1 Å². The average molecular weight is 487 g/mol. The lowest BCUT2D eigenvalue weighted by Crippen LogP contribution is -2.16. The highest BCUT2D eigenvalue weighted by Gasteiger charge is 2.22. The van der Waals surface area contributed by atoms with E-state index in [-0.39, 0.29) is 12.4 Å². The largest absolute Gasteiger partial charge is 0.383 e. The van der Waals surface area contributed by atoms with E-state index in [9.17, 15) is 4.39 Å². The lowest BCUT2D eigenvalue weighted by molar-refractivity contribution is 0.488. The Bertz CT molecular complexity index is 1180. The fourth-order valence-corrected chi connectivity index (χ4v) is 4.22. The second-order valence-electron chi connectivity index (χ2n) is 7.95. The molecule has 3 aromatic rings. The molecule has 1 aliphatic heterocycles. The molecule has 2 aromatic carbocycles. The number of nitrogens with one attached hydrogen (secondary N) is 2. The highest BCUT2D eigenvalue weighted by Crippen LogP contribution is 2.31. The number of hydrogen-bond donors (Lipinski definition) is 3. The van der Waals surface area contributed by atoms with Crippen LogP contribution in [0.15, 0.2) is 59.9 Å². The van der Waals surface area contributed by atoms with Gasteiger partial charge in [-0.25, -0.2) is 14.4 Å². The Balaban J connectivity index is 1.55. The molecule has 4 N–H and O–H groups in total. The standard InChI is InChI=1S/C24H25Cl2FN6/c1-15(30-12-17-10-18(25)6-7-21(17)27)31-13-22-23(28)33(14-16-8-9-29-11-16)24(32-22)19-4-2-3-5-20(19)26/h2-7,10,13,16,29-30H,1,8-9,11-12,14,28H2. The average Bonchev–Trinajstić information content (AvgIpc) is 3.42. The minimum Gasteiger partial charge on any atom is -0.383 e. The second-order valence-corrected chi connectivity index (χ2v) is 8.79.